The molecule has 2 rings (SSSR count). The monoisotopic (exact) mass is 394 g/mol. The number of rotatable bonds is 6. The standard InChI is InChI=1S/C19H23ClN2O5/c1-9(2)27-19(24)16-10(3)17(21-11(16)4)18(23)22-13-7-12(20)14(25-5)8-15(13)26-6/h7-9,21H,1-6H3,(H,22,23). The first-order valence-corrected chi connectivity index (χ1v) is 8.70. The highest BCUT2D eigenvalue weighted by molar-refractivity contribution is 6.32. The maximum Gasteiger partial charge on any atom is 0.340 e. The van der Waals surface area contributed by atoms with Crippen LogP contribution in [0.3, 0.4) is 0 Å². The molecule has 0 atom stereocenters. The first-order valence-electron chi connectivity index (χ1n) is 8.32. The average molecular weight is 395 g/mol. The molecule has 27 heavy (non-hydrogen) atoms. The number of ether oxygens (including phenoxy) is 3. The Morgan fingerprint density at radius 3 is 2.30 bits per heavy atom. The highest BCUT2D eigenvalue weighted by Crippen LogP contribution is 2.36. The molecule has 0 radical (unpaired) electrons. The molecule has 0 aliphatic carbocycles. The summed E-state index contributed by atoms with van der Waals surface area (Å²) < 4.78 is 15.7. The number of anilines is 1. The molecule has 8 heteroatoms. The first kappa shape index (κ1) is 20.6. The van der Waals surface area contributed by atoms with Gasteiger partial charge in [-0.15, -0.1) is 0 Å². The number of esters is 1. The number of carbonyl (C=O) groups is 2. The lowest BCUT2D eigenvalue weighted by Crippen LogP contribution is -2.16. The number of hydrogen-bond donors (Lipinski definition) is 2. The Morgan fingerprint density at radius 1 is 1.11 bits per heavy atom. The van der Waals surface area contributed by atoms with Gasteiger partial charge in [0.2, 0.25) is 0 Å². The Bertz CT molecular complexity index is 873. The van der Waals surface area contributed by atoms with Gasteiger partial charge in [-0.2, -0.15) is 0 Å². The van der Waals surface area contributed by atoms with E-state index in [2.05, 4.69) is 10.3 Å². The van der Waals surface area contributed by atoms with Crippen LogP contribution in [0.4, 0.5) is 5.69 Å². The van der Waals surface area contributed by atoms with E-state index in [9.17, 15) is 9.59 Å². The van der Waals surface area contributed by atoms with E-state index in [-0.39, 0.29) is 11.8 Å². The van der Waals surface area contributed by atoms with E-state index in [1.807, 2.05) is 0 Å². The minimum Gasteiger partial charge on any atom is -0.495 e. The van der Waals surface area contributed by atoms with Crippen LogP contribution in [0.5, 0.6) is 11.5 Å². The van der Waals surface area contributed by atoms with E-state index >= 15 is 0 Å². The highest BCUT2D eigenvalue weighted by atomic mass is 35.5. The summed E-state index contributed by atoms with van der Waals surface area (Å²) in [5.41, 5.74) is 2.06. The van der Waals surface area contributed by atoms with Crippen LogP contribution < -0.4 is 14.8 Å². The fourth-order valence-electron chi connectivity index (χ4n) is 2.70. The number of aromatic nitrogens is 1. The minimum absolute atomic E-state index is 0.255. The molecule has 0 aliphatic rings. The Morgan fingerprint density at radius 2 is 1.74 bits per heavy atom. The van der Waals surface area contributed by atoms with Crippen molar-refractivity contribution in [2.24, 2.45) is 0 Å². The third-order valence-electron chi connectivity index (χ3n) is 3.93. The smallest absolute Gasteiger partial charge is 0.340 e. The SMILES string of the molecule is COc1cc(OC)c(NC(=O)c2[nH]c(C)c(C(=O)OC(C)C)c2C)cc1Cl. The van der Waals surface area contributed by atoms with E-state index in [0.717, 1.165) is 0 Å². The normalized spacial score (nSPS) is 10.7. The van der Waals surface area contributed by atoms with Gasteiger partial charge in [0.15, 0.2) is 0 Å². The van der Waals surface area contributed by atoms with Crippen molar-refractivity contribution in [3.05, 3.63) is 39.7 Å². The van der Waals surface area contributed by atoms with Gasteiger partial charge in [-0.25, -0.2) is 4.79 Å². The molecule has 0 fully saturated rings. The van der Waals surface area contributed by atoms with Gasteiger partial charge >= 0.3 is 5.97 Å². The molecule has 1 aromatic heterocycles. The van der Waals surface area contributed by atoms with Gasteiger partial charge in [-0.05, 0) is 39.3 Å². The molecular weight excluding hydrogens is 372 g/mol. The molecule has 1 aromatic carbocycles. The predicted molar refractivity (Wildman–Crippen MR) is 103 cm³/mol. The van der Waals surface area contributed by atoms with Crippen molar-refractivity contribution < 1.29 is 23.8 Å². The summed E-state index contributed by atoms with van der Waals surface area (Å²) in [7, 11) is 2.96. The maximum absolute atomic E-state index is 12.8. The zero-order valence-electron chi connectivity index (χ0n) is 16.2. The van der Waals surface area contributed by atoms with Crippen LogP contribution in [0.15, 0.2) is 12.1 Å². The van der Waals surface area contributed by atoms with Gasteiger partial charge in [-0.1, -0.05) is 11.6 Å². The Labute approximate surface area is 162 Å². The number of halogens is 1. The second-order valence-corrected chi connectivity index (χ2v) is 6.63. The van der Waals surface area contributed by atoms with E-state index in [1.54, 1.807) is 33.8 Å². The maximum atomic E-state index is 12.8. The van der Waals surface area contributed by atoms with Gasteiger partial charge in [-0.3, -0.25) is 4.79 Å². The molecule has 146 valence electrons. The fraction of sp³-hybridized carbons (Fsp3) is 0.368. The van der Waals surface area contributed by atoms with Crippen LogP contribution in [0.25, 0.3) is 0 Å². The first-order chi connectivity index (χ1) is 12.7. The molecular formula is C19H23ClN2O5. The third-order valence-corrected chi connectivity index (χ3v) is 4.23. The van der Waals surface area contributed by atoms with Gasteiger partial charge in [0.25, 0.3) is 5.91 Å². The Hall–Kier alpha value is -2.67. The molecule has 0 bridgehead atoms. The molecule has 0 aliphatic heterocycles. The lowest BCUT2D eigenvalue weighted by Gasteiger charge is -2.13. The van der Waals surface area contributed by atoms with Crippen LogP contribution in [0, 0.1) is 13.8 Å². The van der Waals surface area contributed by atoms with Crippen LogP contribution in [-0.2, 0) is 4.74 Å². The summed E-state index contributed by atoms with van der Waals surface area (Å²) in [5.74, 6) is -0.0822. The number of hydrogen-bond acceptors (Lipinski definition) is 5. The van der Waals surface area contributed by atoms with E-state index < -0.39 is 11.9 Å². The van der Waals surface area contributed by atoms with E-state index in [0.29, 0.717) is 39.0 Å². The zero-order valence-corrected chi connectivity index (χ0v) is 16.9. The van der Waals surface area contributed by atoms with Gasteiger partial charge in [0.1, 0.15) is 17.2 Å². The van der Waals surface area contributed by atoms with E-state index in [1.165, 1.54) is 20.3 Å². The summed E-state index contributed by atoms with van der Waals surface area (Å²) in [5, 5.41) is 3.07. The number of methoxy groups -OCH3 is 2. The van der Waals surface area contributed by atoms with Crippen molar-refractivity contribution >= 4 is 29.2 Å². The number of benzene rings is 1. The number of H-pyrrole nitrogens is 1. The Balaban J connectivity index is 2.35. The number of amides is 1. The summed E-state index contributed by atoms with van der Waals surface area (Å²) in [6.45, 7) is 6.93. The third kappa shape index (κ3) is 4.36. The van der Waals surface area contributed by atoms with Crippen molar-refractivity contribution in [1.29, 1.82) is 0 Å². The number of nitrogens with one attached hydrogen (secondary N) is 2. The highest BCUT2D eigenvalue weighted by Gasteiger charge is 2.24. The van der Waals surface area contributed by atoms with Crippen molar-refractivity contribution in [3.8, 4) is 11.5 Å². The van der Waals surface area contributed by atoms with Crippen molar-refractivity contribution in [1.82, 2.24) is 4.98 Å². The summed E-state index contributed by atoms with van der Waals surface area (Å²) >= 11 is 6.14. The lowest BCUT2D eigenvalue weighted by atomic mass is 10.1. The summed E-state index contributed by atoms with van der Waals surface area (Å²) in [6.07, 6.45) is -0.255. The molecule has 0 unspecified atom stereocenters. The molecule has 2 aromatic rings. The number of aromatic amines is 1. The number of carbonyl (C=O) groups excluding carboxylic acids is 2. The molecule has 0 spiro atoms. The molecule has 0 saturated carbocycles. The summed E-state index contributed by atoms with van der Waals surface area (Å²) in [6, 6.07) is 3.12. The summed E-state index contributed by atoms with van der Waals surface area (Å²) in [4.78, 5) is 28.0. The van der Waals surface area contributed by atoms with E-state index in [4.69, 9.17) is 25.8 Å². The van der Waals surface area contributed by atoms with Crippen molar-refractivity contribution in [2.45, 2.75) is 33.8 Å². The molecule has 0 saturated heterocycles. The second kappa shape index (κ2) is 8.35. The molecule has 1 heterocycles. The van der Waals surface area contributed by atoms with Gasteiger partial charge < -0.3 is 24.5 Å². The largest absolute Gasteiger partial charge is 0.495 e. The topological polar surface area (TPSA) is 89.7 Å². The van der Waals surface area contributed by atoms with Crippen molar-refractivity contribution in [2.75, 3.05) is 19.5 Å². The quantitative estimate of drug-likeness (QED) is 0.719. The van der Waals surface area contributed by atoms with Crippen LogP contribution in [0.2, 0.25) is 5.02 Å². The van der Waals surface area contributed by atoms with Crippen LogP contribution >= 0.6 is 11.6 Å². The van der Waals surface area contributed by atoms with Gasteiger partial charge in [0.05, 0.1) is 36.6 Å². The lowest BCUT2D eigenvalue weighted by molar-refractivity contribution is 0.0376. The molecule has 2 N–H and O–H groups in total. The van der Waals surface area contributed by atoms with Crippen LogP contribution in [0.1, 0.15) is 46.0 Å². The average Bonchev–Trinajstić information content (AvgIpc) is 2.89. The minimum atomic E-state index is -0.472. The van der Waals surface area contributed by atoms with Crippen molar-refractivity contribution in [3.63, 3.8) is 0 Å². The van der Waals surface area contributed by atoms with Gasteiger partial charge in [0, 0.05) is 11.8 Å². The second-order valence-electron chi connectivity index (χ2n) is 6.22. The number of aryl methyl sites for hydroxylation is 1. The molecule has 7 nitrogen and oxygen atoms in total. The zero-order chi connectivity index (χ0) is 20.3. The predicted octanol–water partition coefficient (Wildman–Crippen LogP) is 4.12. The molecule has 1 amide bonds. The Kier molecular flexibility index (Phi) is 6.38. The van der Waals surface area contributed by atoms with Crippen LogP contribution in [-0.4, -0.2) is 37.2 Å². The fourth-order valence-corrected chi connectivity index (χ4v) is 2.94.